The molecule has 0 saturated carbocycles. The first kappa shape index (κ1) is 27.6. The molecule has 1 aliphatic rings. The minimum atomic E-state index is -0.973. The highest BCUT2D eigenvalue weighted by Crippen LogP contribution is 2.19. The Bertz CT molecular complexity index is 401. The molecule has 0 aromatic heterocycles. The molecule has 0 aliphatic carbocycles. The van der Waals surface area contributed by atoms with Crippen molar-refractivity contribution in [2.45, 2.75) is 128 Å². The number of aliphatic hydroxyl groups is 3. The van der Waals surface area contributed by atoms with Crippen LogP contribution in [0.2, 0.25) is 0 Å². The van der Waals surface area contributed by atoms with Gasteiger partial charge in [0.2, 0.25) is 0 Å². The van der Waals surface area contributed by atoms with E-state index in [2.05, 4.69) is 19.1 Å². The van der Waals surface area contributed by atoms with Crippen molar-refractivity contribution in [2.75, 3.05) is 19.8 Å². The van der Waals surface area contributed by atoms with Gasteiger partial charge in [0.05, 0.1) is 13.2 Å². The Morgan fingerprint density at radius 2 is 1.33 bits per heavy atom. The SMILES string of the molecule is CCCCCCC/C=C/CCCCCCCCCCO[C@H]1[C@H](O)[C@@H](CO)OC[C@@H]1O. The second-order valence-corrected chi connectivity index (χ2v) is 8.74. The smallest absolute Gasteiger partial charge is 0.114 e. The average molecular weight is 429 g/mol. The van der Waals surface area contributed by atoms with Gasteiger partial charge in [-0.15, -0.1) is 0 Å². The van der Waals surface area contributed by atoms with E-state index in [0.717, 1.165) is 12.8 Å². The van der Waals surface area contributed by atoms with Crippen LogP contribution in [-0.4, -0.2) is 59.6 Å². The van der Waals surface area contributed by atoms with Crippen LogP contribution < -0.4 is 0 Å². The molecule has 30 heavy (non-hydrogen) atoms. The van der Waals surface area contributed by atoms with Crippen LogP contribution in [0.1, 0.15) is 103 Å². The summed E-state index contributed by atoms with van der Waals surface area (Å²) < 4.78 is 10.9. The average Bonchev–Trinajstić information content (AvgIpc) is 2.75. The van der Waals surface area contributed by atoms with Crippen LogP contribution in [0.5, 0.6) is 0 Å². The third-order valence-electron chi connectivity index (χ3n) is 5.97. The van der Waals surface area contributed by atoms with Gasteiger partial charge in [-0.05, 0) is 32.1 Å². The van der Waals surface area contributed by atoms with Crippen molar-refractivity contribution >= 4 is 0 Å². The van der Waals surface area contributed by atoms with Crippen molar-refractivity contribution in [3.05, 3.63) is 12.2 Å². The first-order valence-corrected chi connectivity index (χ1v) is 12.6. The predicted molar refractivity (Wildman–Crippen MR) is 123 cm³/mol. The summed E-state index contributed by atoms with van der Waals surface area (Å²) in [5, 5.41) is 29.1. The number of allylic oxidation sites excluding steroid dienone is 2. The second-order valence-electron chi connectivity index (χ2n) is 8.74. The maximum absolute atomic E-state index is 10.1. The molecule has 178 valence electrons. The monoisotopic (exact) mass is 428 g/mol. The lowest BCUT2D eigenvalue weighted by Crippen LogP contribution is -2.55. The quantitative estimate of drug-likeness (QED) is 0.201. The minimum absolute atomic E-state index is 0.0990. The molecule has 1 fully saturated rings. The molecule has 0 bridgehead atoms. The van der Waals surface area contributed by atoms with Crippen LogP contribution in [-0.2, 0) is 9.47 Å². The predicted octanol–water partition coefficient (Wildman–Crippen LogP) is 4.91. The lowest BCUT2D eigenvalue weighted by Gasteiger charge is -2.37. The van der Waals surface area contributed by atoms with Gasteiger partial charge < -0.3 is 24.8 Å². The molecule has 0 spiro atoms. The number of rotatable bonds is 19. The van der Waals surface area contributed by atoms with E-state index >= 15 is 0 Å². The zero-order valence-corrected chi connectivity index (χ0v) is 19.4. The van der Waals surface area contributed by atoms with Crippen molar-refractivity contribution < 1.29 is 24.8 Å². The van der Waals surface area contributed by atoms with E-state index in [4.69, 9.17) is 14.6 Å². The molecule has 1 saturated heterocycles. The van der Waals surface area contributed by atoms with Crippen LogP contribution in [0.15, 0.2) is 12.2 Å². The van der Waals surface area contributed by atoms with Crippen molar-refractivity contribution in [3.63, 3.8) is 0 Å². The van der Waals surface area contributed by atoms with E-state index in [1.165, 1.54) is 83.5 Å². The van der Waals surface area contributed by atoms with Crippen molar-refractivity contribution in [1.29, 1.82) is 0 Å². The molecule has 5 nitrogen and oxygen atoms in total. The lowest BCUT2D eigenvalue weighted by molar-refractivity contribution is -0.210. The Kier molecular flexibility index (Phi) is 17.7. The first-order chi connectivity index (χ1) is 14.7. The Balaban J connectivity index is 1.84. The van der Waals surface area contributed by atoms with E-state index in [-0.39, 0.29) is 13.2 Å². The molecule has 1 heterocycles. The van der Waals surface area contributed by atoms with Crippen LogP contribution in [0.4, 0.5) is 0 Å². The molecular weight excluding hydrogens is 380 g/mol. The fourth-order valence-electron chi connectivity index (χ4n) is 3.97. The van der Waals surface area contributed by atoms with Gasteiger partial charge in [-0.2, -0.15) is 0 Å². The molecule has 0 aromatic carbocycles. The van der Waals surface area contributed by atoms with Gasteiger partial charge >= 0.3 is 0 Å². The number of ether oxygens (including phenoxy) is 2. The second kappa shape index (κ2) is 19.2. The Morgan fingerprint density at radius 3 is 1.90 bits per heavy atom. The molecular formula is C25H48O5. The number of hydrogen-bond donors (Lipinski definition) is 3. The van der Waals surface area contributed by atoms with Crippen molar-refractivity contribution in [2.24, 2.45) is 0 Å². The fraction of sp³-hybridized carbons (Fsp3) is 0.920. The van der Waals surface area contributed by atoms with Crippen molar-refractivity contribution in [3.8, 4) is 0 Å². The topological polar surface area (TPSA) is 79.2 Å². The summed E-state index contributed by atoms with van der Waals surface area (Å²) in [6.07, 6.45) is 20.7. The summed E-state index contributed by atoms with van der Waals surface area (Å²) in [4.78, 5) is 0. The molecule has 4 atom stereocenters. The van der Waals surface area contributed by atoms with Crippen LogP contribution >= 0.6 is 0 Å². The van der Waals surface area contributed by atoms with E-state index in [1.54, 1.807) is 0 Å². The van der Waals surface area contributed by atoms with Gasteiger partial charge in [0.1, 0.15) is 24.4 Å². The van der Waals surface area contributed by atoms with Gasteiger partial charge in [-0.3, -0.25) is 0 Å². The molecule has 0 unspecified atom stereocenters. The molecule has 0 radical (unpaired) electrons. The summed E-state index contributed by atoms with van der Waals surface area (Å²) >= 11 is 0. The summed E-state index contributed by atoms with van der Waals surface area (Å²) in [6, 6.07) is 0. The fourth-order valence-corrected chi connectivity index (χ4v) is 3.97. The van der Waals surface area contributed by atoms with Crippen LogP contribution in [0.25, 0.3) is 0 Å². The highest BCUT2D eigenvalue weighted by Gasteiger charge is 2.38. The van der Waals surface area contributed by atoms with E-state index in [1.807, 2.05) is 0 Å². The summed E-state index contributed by atoms with van der Waals surface area (Å²) in [5.41, 5.74) is 0. The highest BCUT2D eigenvalue weighted by atomic mass is 16.6. The standard InChI is InChI=1S/C25H48O5/c1-2-3-4-5-6-7-8-9-10-11-12-13-14-15-16-17-18-19-29-25-22(27)21-30-23(20-26)24(25)28/h8-9,22-28H,2-7,10-21H2,1H3/b9-8+/t22-,23+,24+,25+/m0/s1. The van der Waals surface area contributed by atoms with Crippen LogP contribution in [0.3, 0.4) is 0 Å². The van der Waals surface area contributed by atoms with Gasteiger partial charge in [0.15, 0.2) is 0 Å². The molecule has 3 N–H and O–H groups in total. The normalized spacial score (nSPS) is 24.7. The zero-order valence-electron chi connectivity index (χ0n) is 19.4. The Hall–Kier alpha value is -0.460. The summed E-state index contributed by atoms with van der Waals surface area (Å²) in [5.74, 6) is 0. The summed E-state index contributed by atoms with van der Waals surface area (Å²) in [7, 11) is 0. The molecule has 1 aliphatic heterocycles. The third-order valence-corrected chi connectivity index (χ3v) is 5.97. The van der Waals surface area contributed by atoms with Gasteiger partial charge in [-0.25, -0.2) is 0 Å². The van der Waals surface area contributed by atoms with Gasteiger partial charge in [0.25, 0.3) is 0 Å². The third kappa shape index (κ3) is 13.1. The number of aliphatic hydroxyl groups excluding tert-OH is 3. The van der Waals surface area contributed by atoms with Crippen LogP contribution in [0, 0.1) is 0 Å². The molecule has 5 heteroatoms. The number of hydrogen-bond acceptors (Lipinski definition) is 5. The minimum Gasteiger partial charge on any atom is -0.394 e. The highest BCUT2D eigenvalue weighted by molar-refractivity contribution is 4.87. The maximum atomic E-state index is 10.1. The molecule has 0 aromatic rings. The van der Waals surface area contributed by atoms with E-state index < -0.39 is 24.4 Å². The molecule has 0 amide bonds. The maximum Gasteiger partial charge on any atom is 0.114 e. The van der Waals surface area contributed by atoms with Gasteiger partial charge in [-0.1, -0.05) is 83.3 Å². The lowest BCUT2D eigenvalue weighted by atomic mass is 10.0. The zero-order chi connectivity index (χ0) is 21.9. The first-order valence-electron chi connectivity index (χ1n) is 12.6. The summed E-state index contributed by atoms with van der Waals surface area (Å²) in [6.45, 7) is 2.63. The van der Waals surface area contributed by atoms with Crippen molar-refractivity contribution in [1.82, 2.24) is 0 Å². The Morgan fingerprint density at radius 1 is 0.800 bits per heavy atom. The molecule has 1 rings (SSSR count). The van der Waals surface area contributed by atoms with Gasteiger partial charge in [0, 0.05) is 6.61 Å². The Labute approximate surface area is 184 Å². The number of unbranched alkanes of at least 4 members (excludes halogenated alkanes) is 13. The van der Waals surface area contributed by atoms with E-state index in [9.17, 15) is 10.2 Å². The van der Waals surface area contributed by atoms with E-state index in [0.29, 0.717) is 6.61 Å². The largest absolute Gasteiger partial charge is 0.394 e.